The van der Waals surface area contributed by atoms with Crippen molar-refractivity contribution in [3.63, 3.8) is 0 Å². The summed E-state index contributed by atoms with van der Waals surface area (Å²) in [5, 5.41) is 0. The zero-order valence-electron chi connectivity index (χ0n) is 38.5. The van der Waals surface area contributed by atoms with Gasteiger partial charge in [0.1, 0.15) is 5.82 Å². The second-order valence-electron chi connectivity index (χ2n) is 17.5. The molecule has 0 N–H and O–H groups in total. The third-order valence-electron chi connectivity index (χ3n) is 13.2. The highest BCUT2D eigenvalue weighted by Gasteiger charge is 2.21. The van der Waals surface area contributed by atoms with Crippen molar-refractivity contribution in [1.82, 2.24) is 9.55 Å². The van der Waals surface area contributed by atoms with Crippen LogP contribution in [-0.2, 0) is 0 Å². The first-order valence-corrected chi connectivity index (χ1v) is 23.9. The fourth-order valence-electron chi connectivity index (χ4n) is 9.88. The van der Waals surface area contributed by atoms with E-state index in [0.717, 1.165) is 67.4 Å². The van der Waals surface area contributed by atoms with Gasteiger partial charge in [-0.3, -0.25) is 4.57 Å². The molecule has 0 saturated heterocycles. The third-order valence-corrected chi connectivity index (χ3v) is 13.2. The summed E-state index contributed by atoms with van der Waals surface area (Å²) in [6.07, 6.45) is 0. The van der Waals surface area contributed by atoms with Gasteiger partial charge in [0.15, 0.2) is 0 Å². The van der Waals surface area contributed by atoms with Gasteiger partial charge in [0, 0.05) is 33.9 Å². The number of para-hydroxylation sites is 2. The van der Waals surface area contributed by atoms with Crippen molar-refractivity contribution in [2.75, 3.05) is 4.90 Å². The molecular formula is C67H47N3. The summed E-state index contributed by atoms with van der Waals surface area (Å²) in [5.74, 6) is 0.918. The highest BCUT2D eigenvalue weighted by molar-refractivity contribution is 5.97. The van der Waals surface area contributed by atoms with Gasteiger partial charge in [0.25, 0.3) is 0 Å². The number of hydrogen-bond acceptors (Lipinski definition) is 2. The van der Waals surface area contributed by atoms with Crippen LogP contribution in [0.1, 0.15) is 0 Å². The lowest BCUT2D eigenvalue weighted by Crippen LogP contribution is -2.10. The molecule has 0 aliphatic carbocycles. The van der Waals surface area contributed by atoms with E-state index in [1.165, 1.54) is 44.5 Å². The molecule has 0 spiro atoms. The number of anilines is 3. The van der Waals surface area contributed by atoms with Crippen LogP contribution in [-0.4, -0.2) is 9.55 Å². The Morgan fingerprint density at radius 1 is 0.257 bits per heavy atom. The Balaban J connectivity index is 0.992. The van der Waals surface area contributed by atoms with Crippen molar-refractivity contribution in [2.45, 2.75) is 0 Å². The summed E-state index contributed by atoms with van der Waals surface area (Å²) >= 11 is 0. The SMILES string of the molecule is c1ccc(-c2ccc(N(c3ccc(-c4cccc(-c5cccc6nc(-c7ccccc7)n(-c7ccccc7)c56)c4)cc3)c3ccc(-c4ccccc4)c(-c4ccccc4)c3)cc2-c2ccccc2)cc1. The topological polar surface area (TPSA) is 21.1 Å². The van der Waals surface area contributed by atoms with E-state index in [1.54, 1.807) is 0 Å². The third kappa shape index (κ3) is 8.16. The molecule has 70 heavy (non-hydrogen) atoms. The molecule has 1 aromatic heterocycles. The molecule has 3 nitrogen and oxygen atoms in total. The Hall–Kier alpha value is -9.31. The Morgan fingerprint density at radius 3 is 1.19 bits per heavy atom. The van der Waals surface area contributed by atoms with E-state index in [0.29, 0.717) is 0 Å². The Kier molecular flexibility index (Phi) is 11.3. The number of rotatable bonds is 11. The number of imidazole rings is 1. The second kappa shape index (κ2) is 18.8. The Morgan fingerprint density at radius 2 is 0.671 bits per heavy atom. The van der Waals surface area contributed by atoms with Gasteiger partial charge in [0.2, 0.25) is 0 Å². The zero-order valence-corrected chi connectivity index (χ0v) is 38.5. The molecular weight excluding hydrogens is 847 g/mol. The zero-order chi connectivity index (χ0) is 46.6. The maximum absolute atomic E-state index is 5.25. The van der Waals surface area contributed by atoms with Crippen LogP contribution in [0.3, 0.4) is 0 Å². The van der Waals surface area contributed by atoms with E-state index in [1.807, 2.05) is 0 Å². The quantitative estimate of drug-likeness (QED) is 0.129. The fourth-order valence-corrected chi connectivity index (χ4v) is 9.88. The van der Waals surface area contributed by atoms with Crippen LogP contribution in [0.15, 0.2) is 285 Å². The predicted octanol–water partition coefficient (Wildman–Crippen LogP) is 18.2. The molecule has 11 aromatic carbocycles. The Labute approximate surface area is 409 Å². The van der Waals surface area contributed by atoms with Crippen LogP contribution >= 0.6 is 0 Å². The van der Waals surface area contributed by atoms with E-state index in [4.69, 9.17) is 4.98 Å². The van der Waals surface area contributed by atoms with E-state index < -0.39 is 0 Å². The lowest BCUT2D eigenvalue weighted by Gasteiger charge is -2.28. The largest absolute Gasteiger partial charge is 0.310 e. The summed E-state index contributed by atoms with van der Waals surface area (Å²) in [6, 6.07) is 102. The summed E-state index contributed by atoms with van der Waals surface area (Å²) in [6.45, 7) is 0. The van der Waals surface area contributed by atoms with E-state index in [2.05, 4.69) is 295 Å². The highest BCUT2D eigenvalue weighted by atomic mass is 15.1. The van der Waals surface area contributed by atoms with Crippen molar-refractivity contribution < 1.29 is 0 Å². The van der Waals surface area contributed by atoms with Crippen LogP contribution in [0.4, 0.5) is 17.1 Å². The normalized spacial score (nSPS) is 11.1. The molecule has 0 atom stereocenters. The van der Waals surface area contributed by atoms with E-state index in [-0.39, 0.29) is 0 Å². The van der Waals surface area contributed by atoms with Crippen LogP contribution < -0.4 is 4.90 Å². The number of benzene rings is 11. The minimum Gasteiger partial charge on any atom is -0.310 e. The summed E-state index contributed by atoms with van der Waals surface area (Å²) < 4.78 is 2.31. The molecule has 12 rings (SSSR count). The standard InChI is InChI=1S/C67H47N3/c1-7-21-49(22-8-1)60-43-41-58(46-63(60)51-25-11-3-12-26-51)69(59-42-44-61(50-23-9-2-10-24-50)64(47-59)52-27-13-4-14-28-52)57-39-37-48(38-40-57)54-31-19-32-55(45-54)62-35-20-36-65-66(62)70(56-33-17-6-18-34-56)67(68-65)53-29-15-5-16-30-53/h1-47H. The lowest BCUT2D eigenvalue weighted by molar-refractivity contribution is 1.10. The van der Waals surface area contributed by atoms with Gasteiger partial charge in [0.05, 0.1) is 11.0 Å². The maximum atomic E-state index is 5.25. The summed E-state index contributed by atoms with van der Waals surface area (Å²) in [4.78, 5) is 7.65. The molecule has 0 aliphatic heterocycles. The molecule has 0 radical (unpaired) electrons. The average molecular weight is 894 g/mol. The average Bonchev–Trinajstić information content (AvgIpc) is 3.85. The first kappa shape index (κ1) is 42.1. The molecule has 0 aliphatic rings. The molecule has 3 heteroatoms. The molecule has 12 aromatic rings. The molecule has 0 saturated carbocycles. The molecule has 1 heterocycles. The van der Waals surface area contributed by atoms with Crippen molar-refractivity contribution in [1.29, 1.82) is 0 Å². The molecule has 0 amide bonds. The second-order valence-corrected chi connectivity index (χ2v) is 17.5. The first-order valence-electron chi connectivity index (χ1n) is 23.9. The van der Waals surface area contributed by atoms with Crippen LogP contribution in [0, 0.1) is 0 Å². The minimum absolute atomic E-state index is 0.918. The number of fused-ring (bicyclic) bond motifs is 1. The first-order chi connectivity index (χ1) is 34.7. The van der Waals surface area contributed by atoms with Crippen LogP contribution in [0.2, 0.25) is 0 Å². The maximum Gasteiger partial charge on any atom is 0.145 e. The van der Waals surface area contributed by atoms with Gasteiger partial charge in [-0.2, -0.15) is 0 Å². The number of aromatic nitrogens is 2. The number of hydrogen-bond donors (Lipinski definition) is 0. The minimum atomic E-state index is 0.918. The van der Waals surface area contributed by atoms with Crippen LogP contribution in [0.5, 0.6) is 0 Å². The van der Waals surface area contributed by atoms with Crippen molar-refractivity contribution >= 4 is 28.1 Å². The van der Waals surface area contributed by atoms with Gasteiger partial charge in [-0.25, -0.2) is 4.98 Å². The van der Waals surface area contributed by atoms with Crippen molar-refractivity contribution in [3.8, 4) is 83.8 Å². The summed E-state index contributed by atoms with van der Waals surface area (Å²) in [5.41, 5.74) is 21.3. The molecule has 0 unspecified atom stereocenters. The van der Waals surface area contributed by atoms with E-state index >= 15 is 0 Å². The molecule has 0 bridgehead atoms. The van der Waals surface area contributed by atoms with Gasteiger partial charge >= 0.3 is 0 Å². The number of nitrogens with zero attached hydrogens (tertiary/aromatic N) is 3. The highest BCUT2D eigenvalue weighted by Crippen LogP contribution is 2.44. The lowest BCUT2D eigenvalue weighted by atomic mass is 9.92. The monoisotopic (exact) mass is 893 g/mol. The summed E-state index contributed by atoms with van der Waals surface area (Å²) in [7, 11) is 0. The van der Waals surface area contributed by atoms with Gasteiger partial charge < -0.3 is 4.90 Å². The van der Waals surface area contributed by atoms with Gasteiger partial charge in [-0.05, 0) is 122 Å². The smallest absolute Gasteiger partial charge is 0.145 e. The van der Waals surface area contributed by atoms with Gasteiger partial charge in [-0.15, -0.1) is 0 Å². The molecule has 330 valence electrons. The van der Waals surface area contributed by atoms with Crippen molar-refractivity contribution in [3.05, 3.63) is 285 Å². The molecule has 0 fully saturated rings. The van der Waals surface area contributed by atoms with Gasteiger partial charge in [-0.1, -0.05) is 224 Å². The van der Waals surface area contributed by atoms with Crippen molar-refractivity contribution in [2.24, 2.45) is 0 Å². The Bertz CT molecular complexity index is 3590. The fraction of sp³-hybridized carbons (Fsp3) is 0. The van der Waals surface area contributed by atoms with E-state index in [9.17, 15) is 0 Å². The predicted molar refractivity (Wildman–Crippen MR) is 294 cm³/mol. The van der Waals surface area contributed by atoms with Crippen LogP contribution in [0.25, 0.3) is 94.9 Å².